The zero-order chi connectivity index (χ0) is 10.7. The highest BCUT2D eigenvalue weighted by Gasteiger charge is 2.06. The summed E-state index contributed by atoms with van der Waals surface area (Å²) in [5.74, 6) is 0.668. The number of alkyl halides is 1. The number of hydrogen-bond donors (Lipinski definition) is 0. The van der Waals surface area contributed by atoms with E-state index in [1.165, 1.54) is 4.63 Å². The molecule has 1 unspecified atom stereocenters. The van der Waals surface area contributed by atoms with Crippen molar-refractivity contribution in [3.8, 4) is 0 Å². The van der Waals surface area contributed by atoms with Gasteiger partial charge in [0.05, 0.1) is 0 Å². The van der Waals surface area contributed by atoms with Gasteiger partial charge in [-0.2, -0.15) is 0 Å². The summed E-state index contributed by atoms with van der Waals surface area (Å²) < 4.78 is 1.43. The molecule has 0 radical (unpaired) electrons. The third-order valence-corrected chi connectivity index (χ3v) is 3.20. The monoisotopic (exact) mass is 243 g/mol. The minimum atomic E-state index is 0.448. The first-order valence-corrected chi connectivity index (χ1v) is 5.99. The Balaban J connectivity index is 2.14. The summed E-state index contributed by atoms with van der Waals surface area (Å²) >= 11 is 7.34. The molecule has 2 heterocycles. The SMILES string of the molecule is CC(CCCl)Sc1ccc2nnnn2n1. The summed E-state index contributed by atoms with van der Waals surface area (Å²) in [7, 11) is 0. The molecular formula is C8H10ClN5S. The van der Waals surface area contributed by atoms with Gasteiger partial charge in [0.15, 0.2) is 5.65 Å². The van der Waals surface area contributed by atoms with Crippen molar-refractivity contribution >= 4 is 29.0 Å². The van der Waals surface area contributed by atoms with Gasteiger partial charge in [-0.3, -0.25) is 0 Å². The van der Waals surface area contributed by atoms with E-state index in [9.17, 15) is 0 Å². The van der Waals surface area contributed by atoms with Gasteiger partial charge in [-0.15, -0.1) is 38.2 Å². The Kier molecular flexibility index (Phi) is 3.37. The molecule has 0 bridgehead atoms. The minimum Gasteiger partial charge on any atom is -0.140 e. The predicted octanol–water partition coefficient (Wildman–Crippen LogP) is 1.63. The summed E-state index contributed by atoms with van der Waals surface area (Å²) in [6.45, 7) is 2.12. The van der Waals surface area contributed by atoms with Gasteiger partial charge < -0.3 is 0 Å². The molecule has 0 fully saturated rings. The van der Waals surface area contributed by atoms with Gasteiger partial charge in [0.2, 0.25) is 0 Å². The van der Waals surface area contributed by atoms with E-state index in [1.807, 2.05) is 12.1 Å². The first-order valence-electron chi connectivity index (χ1n) is 4.57. The van der Waals surface area contributed by atoms with Crippen LogP contribution in [-0.2, 0) is 0 Å². The lowest BCUT2D eigenvalue weighted by atomic mass is 10.4. The zero-order valence-corrected chi connectivity index (χ0v) is 9.74. The Labute approximate surface area is 96.2 Å². The van der Waals surface area contributed by atoms with Crippen LogP contribution in [0.4, 0.5) is 0 Å². The Hall–Kier alpha value is -0.880. The third-order valence-electron chi connectivity index (χ3n) is 1.88. The number of rotatable bonds is 4. The largest absolute Gasteiger partial charge is 0.200 e. The molecule has 0 amide bonds. The van der Waals surface area contributed by atoms with Gasteiger partial charge >= 0.3 is 0 Å². The molecular weight excluding hydrogens is 234 g/mol. The summed E-state index contributed by atoms with van der Waals surface area (Å²) in [4.78, 5) is 0. The molecule has 0 saturated heterocycles. The standard InChI is InChI=1S/C8H10ClN5S/c1-6(4-5-9)15-8-3-2-7-10-12-13-14(7)11-8/h2-3,6H,4-5H2,1H3. The molecule has 2 rings (SSSR count). The van der Waals surface area contributed by atoms with Crippen molar-refractivity contribution in [3.63, 3.8) is 0 Å². The molecule has 0 spiro atoms. The van der Waals surface area contributed by atoms with E-state index in [4.69, 9.17) is 11.6 Å². The van der Waals surface area contributed by atoms with E-state index in [1.54, 1.807) is 11.8 Å². The summed E-state index contributed by atoms with van der Waals surface area (Å²) in [5.41, 5.74) is 0.657. The highest BCUT2D eigenvalue weighted by molar-refractivity contribution is 7.99. The van der Waals surface area contributed by atoms with Crippen LogP contribution in [0.25, 0.3) is 5.65 Å². The molecule has 0 aliphatic heterocycles. The highest BCUT2D eigenvalue weighted by atomic mass is 35.5. The van der Waals surface area contributed by atoms with Gasteiger partial charge in [0.25, 0.3) is 0 Å². The second kappa shape index (κ2) is 4.76. The van der Waals surface area contributed by atoms with Crippen molar-refractivity contribution in [2.24, 2.45) is 0 Å². The van der Waals surface area contributed by atoms with Crippen LogP contribution in [0.1, 0.15) is 13.3 Å². The number of tetrazole rings is 1. The van der Waals surface area contributed by atoms with Crippen LogP contribution in [-0.4, -0.2) is 36.4 Å². The van der Waals surface area contributed by atoms with Crippen LogP contribution in [0, 0.1) is 0 Å². The molecule has 0 N–H and O–H groups in total. The second-order valence-corrected chi connectivity index (χ2v) is 4.94. The first-order chi connectivity index (χ1) is 7.29. The number of fused-ring (bicyclic) bond motifs is 1. The maximum absolute atomic E-state index is 5.67. The van der Waals surface area contributed by atoms with Crippen LogP contribution in [0.15, 0.2) is 17.2 Å². The Bertz CT molecular complexity index is 445. The molecule has 0 aliphatic rings. The number of hydrogen-bond acceptors (Lipinski definition) is 5. The molecule has 80 valence electrons. The Morgan fingerprint density at radius 3 is 3.20 bits per heavy atom. The van der Waals surface area contributed by atoms with E-state index in [-0.39, 0.29) is 0 Å². The van der Waals surface area contributed by atoms with Crippen molar-refractivity contribution in [2.45, 2.75) is 23.6 Å². The van der Waals surface area contributed by atoms with Crippen molar-refractivity contribution < 1.29 is 0 Å². The average Bonchev–Trinajstić information content (AvgIpc) is 2.65. The molecule has 5 nitrogen and oxygen atoms in total. The third kappa shape index (κ3) is 2.57. The smallest absolute Gasteiger partial charge is 0.140 e. The second-order valence-electron chi connectivity index (χ2n) is 3.10. The van der Waals surface area contributed by atoms with Crippen molar-refractivity contribution in [2.75, 3.05) is 5.88 Å². The number of thioether (sulfide) groups is 1. The fourth-order valence-corrected chi connectivity index (χ4v) is 2.49. The number of halogens is 1. The van der Waals surface area contributed by atoms with Crippen molar-refractivity contribution in [3.05, 3.63) is 12.1 Å². The summed E-state index contributed by atoms with van der Waals surface area (Å²) in [6, 6.07) is 3.77. The van der Waals surface area contributed by atoms with Crippen LogP contribution < -0.4 is 0 Å². The van der Waals surface area contributed by atoms with E-state index in [2.05, 4.69) is 27.5 Å². The molecule has 7 heteroatoms. The van der Waals surface area contributed by atoms with Crippen LogP contribution in [0.2, 0.25) is 0 Å². The minimum absolute atomic E-state index is 0.448. The van der Waals surface area contributed by atoms with Crippen molar-refractivity contribution in [1.29, 1.82) is 0 Å². The normalized spacial score (nSPS) is 13.2. The van der Waals surface area contributed by atoms with Gasteiger partial charge in [-0.1, -0.05) is 6.92 Å². The van der Waals surface area contributed by atoms with Gasteiger partial charge in [0, 0.05) is 11.1 Å². The molecule has 0 saturated carbocycles. The lowest BCUT2D eigenvalue weighted by molar-refractivity contribution is 0.701. The van der Waals surface area contributed by atoms with E-state index < -0.39 is 0 Å². The fraction of sp³-hybridized carbons (Fsp3) is 0.500. The maximum atomic E-state index is 5.67. The van der Waals surface area contributed by atoms with E-state index in [0.29, 0.717) is 16.8 Å². The lowest BCUT2D eigenvalue weighted by Crippen LogP contribution is -2.00. The summed E-state index contributed by atoms with van der Waals surface area (Å²) in [6.07, 6.45) is 0.960. The van der Waals surface area contributed by atoms with E-state index in [0.717, 1.165) is 11.4 Å². The van der Waals surface area contributed by atoms with Gasteiger partial charge in [-0.05, 0) is 29.0 Å². The Morgan fingerprint density at radius 2 is 2.40 bits per heavy atom. The summed E-state index contributed by atoms with van der Waals surface area (Å²) in [5, 5.41) is 16.7. The predicted molar refractivity (Wildman–Crippen MR) is 59.2 cm³/mol. The topological polar surface area (TPSA) is 56.0 Å². The molecule has 2 aromatic heterocycles. The quantitative estimate of drug-likeness (QED) is 0.604. The maximum Gasteiger partial charge on any atom is 0.200 e. The molecule has 1 atom stereocenters. The molecule has 0 aromatic carbocycles. The van der Waals surface area contributed by atoms with Gasteiger partial charge in [-0.25, -0.2) is 0 Å². The van der Waals surface area contributed by atoms with Crippen molar-refractivity contribution in [1.82, 2.24) is 25.3 Å². The average molecular weight is 244 g/mol. The lowest BCUT2D eigenvalue weighted by Gasteiger charge is -2.07. The molecule has 0 aliphatic carbocycles. The first kappa shape index (κ1) is 10.6. The van der Waals surface area contributed by atoms with Gasteiger partial charge in [0.1, 0.15) is 5.03 Å². The Morgan fingerprint density at radius 1 is 1.53 bits per heavy atom. The number of aromatic nitrogens is 5. The number of nitrogens with zero attached hydrogens (tertiary/aromatic N) is 5. The fourth-order valence-electron chi connectivity index (χ4n) is 1.11. The molecule has 2 aromatic rings. The molecule has 15 heavy (non-hydrogen) atoms. The van der Waals surface area contributed by atoms with E-state index >= 15 is 0 Å². The van der Waals surface area contributed by atoms with Crippen LogP contribution in [0.3, 0.4) is 0 Å². The van der Waals surface area contributed by atoms with Crippen LogP contribution in [0.5, 0.6) is 0 Å². The zero-order valence-electron chi connectivity index (χ0n) is 8.17. The highest BCUT2D eigenvalue weighted by Crippen LogP contribution is 2.23. The van der Waals surface area contributed by atoms with Crippen LogP contribution >= 0.6 is 23.4 Å².